The van der Waals surface area contributed by atoms with Crippen molar-refractivity contribution in [3.63, 3.8) is 0 Å². The number of Topliss-reactive ketones (excluding diaryl/α,β-unsaturated/α-hetero) is 1. The number of rotatable bonds is 1. The van der Waals surface area contributed by atoms with E-state index in [0.717, 1.165) is 19.3 Å². The van der Waals surface area contributed by atoms with Crippen molar-refractivity contribution < 1.29 is 4.79 Å². The number of allylic oxidation sites excluding steroid dienone is 2. The van der Waals surface area contributed by atoms with E-state index in [9.17, 15) is 4.79 Å². The second-order valence-corrected chi connectivity index (χ2v) is 5.46. The summed E-state index contributed by atoms with van der Waals surface area (Å²) >= 11 is 0. The van der Waals surface area contributed by atoms with Crippen molar-refractivity contribution in [2.45, 2.75) is 59.3 Å². The third kappa shape index (κ3) is 1.56. The Morgan fingerprint density at radius 2 is 2.07 bits per heavy atom. The number of ketones is 1. The molecule has 0 spiro atoms. The molecule has 1 heteroatoms. The second kappa shape index (κ2) is 3.77. The van der Waals surface area contributed by atoms with Crippen LogP contribution in [0, 0.1) is 11.3 Å². The van der Waals surface area contributed by atoms with Gasteiger partial charge in [0.15, 0.2) is 0 Å². The molecule has 0 aromatic carbocycles. The zero-order valence-corrected chi connectivity index (χ0v) is 10.2. The summed E-state index contributed by atoms with van der Waals surface area (Å²) in [6.07, 6.45) is 6.61. The van der Waals surface area contributed by atoms with Gasteiger partial charge in [-0.05, 0) is 44.4 Å². The Morgan fingerprint density at radius 3 is 2.73 bits per heavy atom. The summed E-state index contributed by atoms with van der Waals surface area (Å²) in [5, 5.41) is 0. The average molecular weight is 206 g/mol. The molecule has 2 aliphatic rings. The maximum Gasteiger partial charge on any atom is 0.137 e. The smallest absolute Gasteiger partial charge is 0.137 e. The summed E-state index contributed by atoms with van der Waals surface area (Å²) < 4.78 is 0. The van der Waals surface area contributed by atoms with Crippen LogP contribution in [0.2, 0.25) is 0 Å². The van der Waals surface area contributed by atoms with Crippen LogP contribution in [0.3, 0.4) is 0 Å². The predicted octanol–water partition coefficient (Wildman–Crippen LogP) is 3.88. The number of carbonyl (C=O) groups is 1. The minimum atomic E-state index is 0.215. The molecule has 15 heavy (non-hydrogen) atoms. The highest BCUT2D eigenvalue weighted by Crippen LogP contribution is 2.52. The van der Waals surface area contributed by atoms with E-state index in [1.54, 1.807) is 11.1 Å². The van der Waals surface area contributed by atoms with Crippen molar-refractivity contribution in [1.29, 1.82) is 0 Å². The summed E-state index contributed by atoms with van der Waals surface area (Å²) in [7, 11) is 0. The standard InChI is InChI=1S/C14H22O/c1-4-11-13(15)8-7-12-10(2)6-5-9-14(11,12)3/h11H,4-9H2,1-3H3/t11-,14?/m0/s1. The summed E-state index contributed by atoms with van der Waals surface area (Å²) in [4.78, 5) is 12.0. The third-order valence-electron chi connectivity index (χ3n) is 4.64. The summed E-state index contributed by atoms with van der Waals surface area (Å²) in [6, 6.07) is 0. The molecule has 0 heterocycles. The van der Waals surface area contributed by atoms with E-state index < -0.39 is 0 Å². The van der Waals surface area contributed by atoms with Crippen LogP contribution in [-0.2, 0) is 4.79 Å². The Kier molecular flexibility index (Phi) is 2.74. The fraction of sp³-hybridized carbons (Fsp3) is 0.786. The Balaban J connectivity index is 2.42. The highest BCUT2D eigenvalue weighted by Gasteiger charge is 2.45. The van der Waals surface area contributed by atoms with Crippen molar-refractivity contribution in [2.24, 2.45) is 11.3 Å². The molecule has 0 bridgehead atoms. The first-order valence-corrected chi connectivity index (χ1v) is 6.31. The van der Waals surface area contributed by atoms with Crippen LogP contribution >= 0.6 is 0 Å². The van der Waals surface area contributed by atoms with Crippen LogP contribution in [0.5, 0.6) is 0 Å². The Bertz CT molecular complexity index is 313. The Hall–Kier alpha value is -0.590. The first-order valence-electron chi connectivity index (χ1n) is 6.31. The number of carbonyl (C=O) groups excluding carboxylic acids is 1. The van der Waals surface area contributed by atoms with Crippen molar-refractivity contribution in [2.75, 3.05) is 0 Å². The van der Waals surface area contributed by atoms with Crippen LogP contribution in [0.1, 0.15) is 59.3 Å². The van der Waals surface area contributed by atoms with Crippen LogP contribution in [0.15, 0.2) is 11.1 Å². The van der Waals surface area contributed by atoms with Gasteiger partial charge in [-0.15, -0.1) is 0 Å². The fourth-order valence-corrected chi connectivity index (χ4v) is 3.85. The van der Waals surface area contributed by atoms with E-state index in [1.165, 1.54) is 19.3 Å². The first kappa shape index (κ1) is 10.9. The first-order chi connectivity index (χ1) is 7.09. The molecule has 1 saturated carbocycles. The minimum Gasteiger partial charge on any atom is -0.299 e. The molecule has 1 fully saturated rings. The maximum atomic E-state index is 12.0. The zero-order valence-electron chi connectivity index (χ0n) is 10.2. The lowest BCUT2D eigenvalue weighted by molar-refractivity contribution is -0.128. The Labute approximate surface area is 92.9 Å². The van der Waals surface area contributed by atoms with Gasteiger partial charge in [0.1, 0.15) is 5.78 Å². The summed E-state index contributed by atoms with van der Waals surface area (Å²) in [6.45, 7) is 6.77. The van der Waals surface area contributed by atoms with Gasteiger partial charge in [-0.3, -0.25) is 4.79 Å². The molecule has 1 nitrogen and oxygen atoms in total. The van der Waals surface area contributed by atoms with Crippen molar-refractivity contribution in [1.82, 2.24) is 0 Å². The highest BCUT2D eigenvalue weighted by molar-refractivity contribution is 5.84. The van der Waals surface area contributed by atoms with E-state index >= 15 is 0 Å². The molecule has 84 valence electrons. The number of fused-ring (bicyclic) bond motifs is 1. The molecule has 0 aromatic heterocycles. The lowest BCUT2D eigenvalue weighted by Crippen LogP contribution is -2.41. The van der Waals surface area contributed by atoms with Crippen LogP contribution in [-0.4, -0.2) is 5.78 Å². The molecule has 2 aliphatic carbocycles. The van der Waals surface area contributed by atoms with Gasteiger partial charge in [-0.25, -0.2) is 0 Å². The molecule has 0 aromatic rings. The maximum absolute atomic E-state index is 12.0. The van der Waals surface area contributed by atoms with E-state index in [4.69, 9.17) is 0 Å². The van der Waals surface area contributed by atoms with Crippen molar-refractivity contribution in [3.8, 4) is 0 Å². The van der Waals surface area contributed by atoms with Crippen LogP contribution in [0.4, 0.5) is 0 Å². The molecule has 0 amide bonds. The molecule has 1 unspecified atom stereocenters. The lowest BCUT2D eigenvalue weighted by Gasteiger charge is -2.46. The SMILES string of the molecule is CC[C@H]1C(=O)CCC2=C(C)CCCC21C. The second-order valence-electron chi connectivity index (χ2n) is 5.46. The fourth-order valence-electron chi connectivity index (χ4n) is 3.85. The van der Waals surface area contributed by atoms with Gasteiger partial charge in [0.2, 0.25) is 0 Å². The van der Waals surface area contributed by atoms with Gasteiger partial charge in [-0.2, -0.15) is 0 Å². The minimum absolute atomic E-state index is 0.215. The molecule has 0 N–H and O–H groups in total. The molecule has 0 aliphatic heterocycles. The number of hydrogen-bond donors (Lipinski definition) is 0. The Morgan fingerprint density at radius 1 is 1.33 bits per heavy atom. The molecular formula is C14H22O. The number of hydrogen-bond acceptors (Lipinski definition) is 1. The summed E-state index contributed by atoms with van der Waals surface area (Å²) in [5.74, 6) is 0.815. The van der Waals surface area contributed by atoms with E-state index in [-0.39, 0.29) is 5.41 Å². The highest BCUT2D eigenvalue weighted by atomic mass is 16.1. The van der Waals surface area contributed by atoms with Gasteiger partial charge in [0.25, 0.3) is 0 Å². The predicted molar refractivity (Wildman–Crippen MR) is 62.7 cm³/mol. The van der Waals surface area contributed by atoms with Gasteiger partial charge >= 0.3 is 0 Å². The van der Waals surface area contributed by atoms with Gasteiger partial charge in [0.05, 0.1) is 0 Å². The topological polar surface area (TPSA) is 17.1 Å². The molecule has 0 radical (unpaired) electrons. The van der Waals surface area contributed by atoms with Gasteiger partial charge < -0.3 is 0 Å². The largest absolute Gasteiger partial charge is 0.299 e. The summed E-state index contributed by atoms with van der Waals surface area (Å²) in [5.41, 5.74) is 3.42. The van der Waals surface area contributed by atoms with Gasteiger partial charge in [-0.1, -0.05) is 25.0 Å². The van der Waals surface area contributed by atoms with E-state index in [1.807, 2.05) is 0 Å². The zero-order chi connectivity index (χ0) is 11.1. The van der Waals surface area contributed by atoms with E-state index in [2.05, 4.69) is 20.8 Å². The average Bonchev–Trinajstić information content (AvgIpc) is 2.17. The quantitative estimate of drug-likeness (QED) is 0.595. The van der Waals surface area contributed by atoms with Crippen LogP contribution in [0.25, 0.3) is 0 Å². The third-order valence-corrected chi connectivity index (χ3v) is 4.64. The molecular weight excluding hydrogens is 184 g/mol. The van der Waals surface area contributed by atoms with E-state index in [0.29, 0.717) is 11.7 Å². The molecule has 0 saturated heterocycles. The van der Waals surface area contributed by atoms with Gasteiger partial charge in [0, 0.05) is 12.3 Å². The normalized spacial score (nSPS) is 36.7. The molecule has 2 rings (SSSR count). The van der Waals surface area contributed by atoms with Crippen LogP contribution < -0.4 is 0 Å². The van der Waals surface area contributed by atoms with Crippen molar-refractivity contribution in [3.05, 3.63) is 11.1 Å². The lowest BCUT2D eigenvalue weighted by atomic mass is 9.57. The van der Waals surface area contributed by atoms with Crippen molar-refractivity contribution >= 4 is 5.78 Å². The monoisotopic (exact) mass is 206 g/mol. The molecule has 2 atom stereocenters.